The number of amides is 3. The number of carbonyl (C=O) groups excluding carboxylic acids is 3. The van der Waals surface area contributed by atoms with Crippen molar-refractivity contribution in [3.63, 3.8) is 0 Å². The molecule has 0 saturated carbocycles. The van der Waals surface area contributed by atoms with Crippen molar-refractivity contribution < 1.29 is 23.5 Å². The van der Waals surface area contributed by atoms with E-state index in [1.165, 1.54) is 34.4 Å². The molecular weight excluding hydrogens is 493 g/mol. The zero-order chi connectivity index (χ0) is 25.6. The first kappa shape index (κ1) is 23.6. The van der Waals surface area contributed by atoms with E-state index in [4.69, 9.17) is 4.74 Å². The van der Waals surface area contributed by atoms with Crippen LogP contribution in [-0.2, 0) is 32.2 Å². The molecule has 0 aliphatic carbocycles. The van der Waals surface area contributed by atoms with Gasteiger partial charge < -0.3 is 20.3 Å². The molecule has 0 radical (unpaired) electrons. The number of nitrogens with one attached hydrogen (secondary N) is 2. The first-order valence-corrected chi connectivity index (χ1v) is 12.9. The third kappa shape index (κ3) is 3.95. The zero-order valence-corrected chi connectivity index (χ0v) is 20.5. The third-order valence-electron chi connectivity index (χ3n) is 7.27. The van der Waals surface area contributed by atoms with Crippen LogP contribution in [0.5, 0.6) is 0 Å². The van der Waals surface area contributed by atoms with Crippen LogP contribution in [0.1, 0.15) is 10.4 Å². The van der Waals surface area contributed by atoms with Crippen molar-refractivity contribution in [2.24, 2.45) is 11.8 Å². The number of ether oxygens (including phenoxy) is 1. The summed E-state index contributed by atoms with van der Waals surface area (Å²) in [4.78, 5) is 43.4. The molecule has 3 aliphatic heterocycles. The van der Waals surface area contributed by atoms with Crippen LogP contribution in [-0.4, -0.2) is 40.4 Å². The minimum Gasteiger partial charge on any atom is -0.359 e. The van der Waals surface area contributed by atoms with Crippen molar-refractivity contribution in [3.8, 4) is 0 Å². The van der Waals surface area contributed by atoms with E-state index < -0.39 is 41.3 Å². The van der Waals surface area contributed by atoms with E-state index in [2.05, 4.69) is 10.6 Å². The predicted octanol–water partition coefficient (Wildman–Crippen LogP) is 3.49. The van der Waals surface area contributed by atoms with E-state index in [1.807, 2.05) is 47.8 Å². The van der Waals surface area contributed by atoms with Crippen LogP contribution in [0.15, 0.2) is 84.3 Å². The summed E-state index contributed by atoms with van der Waals surface area (Å²) in [6.45, 7) is 0.518. The maximum absolute atomic E-state index is 14.2. The van der Waals surface area contributed by atoms with Gasteiger partial charge in [-0.2, -0.15) is 0 Å². The number of fused-ring (bicyclic) bond motifs is 1. The second-order valence-electron chi connectivity index (χ2n) is 9.42. The summed E-state index contributed by atoms with van der Waals surface area (Å²) in [7, 11) is 0. The molecule has 2 N–H and O–H groups in total. The Morgan fingerprint density at radius 3 is 2.57 bits per heavy atom. The Bertz CT molecular complexity index is 1380. The maximum Gasteiger partial charge on any atom is 0.246 e. The summed E-state index contributed by atoms with van der Waals surface area (Å²) < 4.78 is 20.6. The van der Waals surface area contributed by atoms with Crippen molar-refractivity contribution >= 4 is 34.7 Å². The lowest BCUT2D eigenvalue weighted by Gasteiger charge is -2.32. The monoisotopic (exact) mass is 517 g/mol. The first-order valence-electron chi connectivity index (χ1n) is 12.0. The number of para-hydroxylation sites is 1. The average Bonchev–Trinajstić information content (AvgIpc) is 3.68. The molecule has 3 aliphatic rings. The first-order chi connectivity index (χ1) is 18.0. The molecule has 2 fully saturated rings. The fourth-order valence-electron chi connectivity index (χ4n) is 5.67. The maximum atomic E-state index is 14.2. The lowest BCUT2D eigenvalue weighted by atomic mass is 9.74. The molecule has 1 aromatic heterocycles. The summed E-state index contributed by atoms with van der Waals surface area (Å²) in [5.74, 6) is -3.55. The second-order valence-corrected chi connectivity index (χ2v) is 10.5. The van der Waals surface area contributed by atoms with Gasteiger partial charge in [-0.15, -0.1) is 11.3 Å². The van der Waals surface area contributed by atoms with Gasteiger partial charge >= 0.3 is 0 Å². The van der Waals surface area contributed by atoms with Crippen molar-refractivity contribution in [3.05, 3.63) is 101 Å². The summed E-state index contributed by atoms with van der Waals surface area (Å²) in [5.41, 5.74) is -0.323. The molecule has 3 aromatic rings. The molecule has 7 nitrogen and oxygen atoms in total. The molecule has 37 heavy (non-hydrogen) atoms. The van der Waals surface area contributed by atoms with Gasteiger partial charge in [0.1, 0.15) is 17.5 Å². The van der Waals surface area contributed by atoms with Gasteiger partial charge in [0.05, 0.1) is 30.2 Å². The topological polar surface area (TPSA) is 87.7 Å². The Morgan fingerprint density at radius 1 is 1.03 bits per heavy atom. The minimum atomic E-state index is -1.28. The molecule has 1 spiro atoms. The molecule has 6 rings (SSSR count). The molecule has 2 saturated heterocycles. The number of anilines is 1. The highest BCUT2D eigenvalue weighted by Crippen LogP contribution is 2.55. The fourth-order valence-corrected chi connectivity index (χ4v) is 6.37. The van der Waals surface area contributed by atoms with Crippen LogP contribution in [0.3, 0.4) is 0 Å². The number of hydrogen-bond acceptors (Lipinski definition) is 5. The molecule has 4 heterocycles. The van der Waals surface area contributed by atoms with E-state index in [1.54, 1.807) is 18.2 Å². The van der Waals surface area contributed by atoms with E-state index in [-0.39, 0.29) is 24.0 Å². The lowest BCUT2D eigenvalue weighted by molar-refractivity contribution is -0.141. The van der Waals surface area contributed by atoms with Crippen LogP contribution >= 0.6 is 11.3 Å². The van der Waals surface area contributed by atoms with Crippen LogP contribution < -0.4 is 10.6 Å². The highest BCUT2D eigenvalue weighted by atomic mass is 32.1. The summed E-state index contributed by atoms with van der Waals surface area (Å²) >= 11 is 1.49. The van der Waals surface area contributed by atoms with Gasteiger partial charge in [-0.25, -0.2) is 4.39 Å². The molecule has 2 bridgehead atoms. The molecule has 3 amide bonds. The molecule has 0 unspecified atom stereocenters. The summed E-state index contributed by atoms with van der Waals surface area (Å²) in [5, 5.41) is 7.49. The number of thiophene rings is 1. The molecular formula is C28H24FN3O4S. The van der Waals surface area contributed by atoms with Crippen molar-refractivity contribution in [2.45, 2.75) is 30.8 Å². The number of rotatable bonds is 7. The van der Waals surface area contributed by atoms with E-state index in [0.29, 0.717) is 6.54 Å². The highest BCUT2D eigenvalue weighted by molar-refractivity contribution is 7.09. The van der Waals surface area contributed by atoms with Crippen LogP contribution in [0.25, 0.3) is 0 Å². The van der Waals surface area contributed by atoms with E-state index >= 15 is 0 Å². The number of benzene rings is 2. The van der Waals surface area contributed by atoms with Gasteiger partial charge in [0, 0.05) is 11.4 Å². The summed E-state index contributed by atoms with van der Waals surface area (Å²) in [6.07, 6.45) is 2.81. The largest absolute Gasteiger partial charge is 0.359 e. The number of halogens is 1. The van der Waals surface area contributed by atoms with Gasteiger partial charge in [-0.3, -0.25) is 14.4 Å². The predicted molar refractivity (Wildman–Crippen MR) is 136 cm³/mol. The van der Waals surface area contributed by atoms with Gasteiger partial charge in [0.25, 0.3) is 0 Å². The molecule has 2 aromatic carbocycles. The zero-order valence-electron chi connectivity index (χ0n) is 19.7. The quantitative estimate of drug-likeness (QED) is 0.470. The lowest BCUT2D eigenvalue weighted by Crippen LogP contribution is -2.54. The van der Waals surface area contributed by atoms with Crippen LogP contribution in [0.4, 0.5) is 10.1 Å². The second kappa shape index (κ2) is 9.24. The minimum absolute atomic E-state index is 0.0337. The molecule has 9 heteroatoms. The molecule has 5 atom stereocenters. The van der Waals surface area contributed by atoms with Gasteiger partial charge in [0.2, 0.25) is 17.7 Å². The number of likely N-dealkylation sites (tertiary alicyclic amines) is 1. The Kier molecular flexibility index (Phi) is 5.89. The van der Waals surface area contributed by atoms with Gasteiger partial charge in [-0.05, 0) is 29.1 Å². The average molecular weight is 518 g/mol. The van der Waals surface area contributed by atoms with Crippen molar-refractivity contribution in [2.75, 3.05) is 5.32 Å². The van der Waals surface area contributed by atoms with Gasteiger partial charge in [0.15, 0.2) is 0 Å². The molecule has 188 valence electrons. The fraction of sp³-hybridized carbons (Fsp3) is 0.250. The number of nitrogens with zero attached hydrogens (tertiary/aromatic N) is 1. The normalized spacial score (nSPS) is 27.4. The SMILES string of the molecule is O=C(Nc1ccccc1F)[C@@H]1[C@H]2C=C[C@]3(O2)[C@H](C(=O)NCc2ccccc2)N(Cc2cccs2)C(=O)[C@@H]13. The summed E-state index contributed by atoms with van der Waals surface area (Å²) in [6, 6.07) is 18.2. The van der Waals surface area contributed by atoms with E-state index in [0.717, 1.165) is 10.4 Å². The third-order valence-corrected chi connectivity index (χ3v) is 8.13. The standard InChI is InChI=1S/C28H24FN3O4S/c29-19-10-4-5-11-20(19)31-25(33)22-21-12-13-28(36-21)23(22)27(35)32(16-18-9-6-14-37-18)24(28)26(34)30-15-17-7-2-1-3-8-17/h1-14,21-24H,15-16H2,(H,30,34)(H,31,33)/t21-,22-,23-,24+,28-/m1/s1. The van der Waals surface area contributed by atoms with Crippen LogP contribution in [0.2, 0.25) is 0 Å². The van der Waals surface area contributed by atoms with Crippen molar-refractivity contribution in [1.82, 2.24) is 10.2 Å². The van der Waals surface area contributed by atoms with Crippen LogP contribution in [0, 0.1) is 17.7 Å². The van der Waals surface area contributed by atoms with E-state index in [9.17, 15) is 18.8 Å². The number of hydrogen-bond donors (Lipinski definition) is 2. The van der Waals surface area contributed by atoms with Gasteiger partial charge in [-0.1, -0.05) is 60.7 Å². The van der Waals surface area contributed by atoms with Crippen molar-refractivity contribution in [1.29, 1.82) is 0 Å². The highest BCUT2D eigenvalue weighted by Gasteiger charge is 2.72. The smallest absolute Gasteiger partial charge is 0.246 e. The Hall–Kier alpha value is -3.82. The Labute approximate surface area is 216 Å². The Balaban J connectivity index is 1.32. The Morgan fingerprint density at radius 2 is 1.81 bits per heavy atom. The number of carbonyl (C=O) groups is 3.